The Hall–Kier alpha value is -2.08. The van der Waals surface area contributed by atoms with Gasteiger partial charge in [-0.15, -0.1) is 0 Å². The number of benzene rings is 2. The molecule has 30 heavy (non-hydrogen) atoms. The average Bonchev–Trinajstić information content (AvgIpc) is 3.11. The number of carbonyl (C=O) groups is 1. The number of hydrogen-bond donors (Lipinski definition) is 0. The summed E-state index contributed by atoms with van der Waals surface area (Å²) >= 11 is 18.4. The minimum atomic E-state index is -0.377. The van der Waals surface area contributed by atoms with E-state index in [2.05, 4.69) is 17.1 Å². The molecule has 0 fully saturated rings. The van der Waals surface area contributed by atoms with Gasteiger partial charge in [-0.05, 0) is 36.8 Å². The molecule has 158 valence electrons. The molecule has 5 nitrogen and oxygen atoms in total. The van der Waals surface area contributed by atoms with Crippen molar-refractivity contribution in [2.24, 2.45) is 0 Å². The number of rotatable bonds is 9. The lowest BCUT2D eigenvalue weighted by molar-refractivity contribution is -0.144. The smallest absolute Gasteiger partial charge is 0.329 e. The van der Waals surface area contributed by atoms with Crippen LogP contribution < -0.4 is 0 Å². The van der Waals surface area contributed by atoms with Gasteiger partial charge >= 0.3 is 5.97 Å². The number of aromatic nitrogens is 3. The van der Waals surface area contributed by atoms with Crippen molar-refractivity contribution in [2.45, 2.75) is 39.2 Å². The molecule has 0 aliphatic heterocycles. The lowest BCUT2D eigenvalue weighted by atomic mass is 10.1. The SMILES string of the molecule is CCCCCCOC(=O)Cn1nc(-c2ccc(Cl)cc2)c(-c2ccc(Cl)cc2Cl)n1. The molecule has 0 N–H and O–H groups in total. The van der Waals surface area contributed by atoms with Gasteiger partial charge in [0.2, 0.25) is 0 Å². The van der Waals surface area contributed by atoms with Crippen LogP contribution in [0.1, 0.15) is 32.6 Å². The van der Waals surface area contributed by atoms with E-state index in [0.29, 0.717) is 38.6 Å². The Kier molecular flexibility index (Phi) is 8.14. The summed E-state index contributed by atoms with van der Waals surface area (Å²) in [6, 6.07) is 12.4. The summed E-state index contributed by atoms with van der Waals surface area (Å²) in [7, 11) is 0. The van der Waals surface area contributed by atoms with Gasteiger partial charge in [0, 0.05) is 21.2 Å². The number of unbranched alkanes of at least 4 members (excludes halogenated alkanes) is 3. The molecule has 0 atom stereocenters. The molecule has 0 aliphatic rings. The normalized spacial score (nSPS) is 10.9. The van der Waals surface area contributed by atoms with E-state index in [4.69, 9.17) is 39.5 Å². The fourth-order valence-electron chi connectivity index (χ4n) is 2.96. The van der Waals surface area contributed by atoms with Gasteiger partial charge < -0.3 is 4.74 Å². The van der Waals surface area contributed by atoms with Gasteiger partial charge in [0.15, 0.2) is 6.54 Å². The van der Waals surface area contributed by atoms with Gasteiger partial charge in [0.25, 0.3) is 0 Å². The van der Waals surface area contributed by atoms with E-state index < -0.39 is 0 Å². The summed E-state index contributed by atoms with van der Waals surface area (Å²) in [6.07, 6.45) is 4.17. The maximum absolute atomic E-state index is 12.2. The van der Waals surface area contributed by atoms with Crippen LogP contribution in [0.25, 0.3) is 22.5 Å². The van der Waals surface area contributed by atoms with Crippen molar-refractivity contribution in [1.29, 1.82) is 0 Å². The summed E-state index contributed by atoms with van der Waals surface area (Å²) in [5.41, 5.74) is 2.62. The number of esters is 1. The fourth-order valence-corrected chi connectivity index (χ4v) is 3.58. The first-order valence-electron chi connectivity index (χ1n) is 9.80. The summed E-state index contributed by atoms with van der Waals surface area (Å²) in [6.45, 7) is 2.46. The van der Waals surface area contributed by atoms with Crippen molar-refractivity contribution in [3.63, 3.8) is 0 Å². The van der Waals surface area contributed by atoms with E-state index in [9.17, 15) is 4.79 Å². The van der Waals surface area contributed by atoms with Crippen LogP contribution >= 0.6 is 34.8 Å². The van der Waals surface area contributed by atoms with Gasteiger partial charge in [-0.1, -0.05) is 73.1 Å². The second kappa shape index (κ2) is 10.8. The number of hydrogen-bond acceptors (Lipinski definition) is 4. The van der Waals surface area contributed by atoms with Crippen LogP contribution in [0.2, 0.25) is 15.1 Å². The first-order chi connectivity index (χ1) is 14.5. The minimum absolute atomic E-state index is 0.0838. The molecule has 8 heteroatoms. The number of nitrogens with zero attached hydrogens (tertiary/aromatic N) is 3. The maximum atomic E-state index is 12.2. The summed E-state index contributed by atoms with van der Waals surface area (Å²) in [5, 5.41) is 10.6. The summed E-state index contributed by atoms with van der Waals surface area (Å²) in [4.78, 5) is 13.5. The highest BCUT2D eigenvalue weighted by Gasteiger charge is 2.19. The lowest BCUT2D eigenvalue weighted by Crippen LogP contribution is -2.16. The molecule has 0 radical (unpaired) electrons. The molecule has 0 saturated heterocycles. The maximum Gasteiger partial charge on any atom is 0.329 e. The molecule has 3 aromatic rings. The molecule has 0 saturated carbocycles. The van der Waals surface area contributed by atoms with Crippen molar-refractivity contribution < 1.29 is 9.53 Å². The largest absolute Gasteiger partial charge is 0.464 e. The van der Waals surface area contributed by atoms with Gasteiger partial charge in [-0.25, -0.2) is 4.79 Å². The third-order valence-corrected chi connectivity index (χ3v) is 5.29. The first-order valence-corrected chi connectivity index (χ1v) is 10.9. The Morgan fingerprint density at radius 2 is 1.63 bits per heavy atom. The number of ether oxygens (including phenoxy) is 1. The Bertz CT molecular complexity index is 1000. The predicted molar refractivity (Wildman–Crippen MR) is 121 cm³/mol. The van der Waals surface area contributed by atoms with Crippen LogP contribution in [0.4, 0.5) is 0 Å². The van der Waals surface area contributed by atoms with Crippen LogP contribution in [-0.2, 0) is 16.1 Å². The van der Waals surface area contributed by atoms with Crippen LogP contribution in [0, 0.1) is 0 Å². The van der Waals surface area contributed by atoms with E-state index in [1.54, 1.807) is 30.3 Å². The third kappa shape index (κ3) is 5.97. The second-order valence-corrected chi connectivity index (χ2v) is 8.12. The molecule has 0 spiro atoms. The highest BCUT2D eigenvalue weighted by atomic mass is 35.5. The zero-order chi connectivity index (χ0) is 21.5. The first kappa shape index (κ1) is 22.6. The molecule has 0 bridgehead atoms. The zero-order valence-corrected chi connectivity index (χ0v) is 18.8. The van der Waals surface area contributed by atoms with E-state index in [0.717, 1.165) is 31.2 Å². The van der Waals surface area contributed by atoms with Crippen LogP contribution in [0.15, 0.2) is 42.5 Å². The van der Waals surface area contributed by atoms with Crippen LogP contribution in [-0.4, -0.2) is 27.6 Å². The number of halogens is 3. The van der Waals surface area contributed by atoms with Crippen molar-refractivity contribution in [2.75, 3.05) is 6.61 Å². The fraction of sp³-hybridized carbons (Fsp3) is 0.318. The molecule has 1 aromatic heterocycles. The third-order valence-electron chi connectivity index (χ3n) is 4.49. The van der Waals surface area contributed by atoms with Gasteiger partial charge in [-0.3, -0.25) is 0 Å². The minimum Gasteiger partial charge on any atom is -0.464 e. The predicted octanol–water partition coefficient (Wildman–Crippen LogP) is 6.70. The highest BCUT2D eigenvalue weighted by molar-refractivity contribution is 6.36. The standard InChI is InChI=1S/C22H22Cl3N3O2/c1-2-3-4-5-12-30-20(29)14-28-26-21(15-6-8-16(23)9-7-15)22(27-28)18-11-10-17(24)13-19(18)25/h6-11,13H,2-5,12,14H2,1H3. The van der Waals surface area contributed by atoms with E-state index in [1.165, 1.54) is 4.80 Å². The van der Waals surface area contributed by atoms with Crippen LogP contribution in [0.3, 0.4) is 0 Å². The Balaban J connectivity index is 1.85. The van der Waals surface area contributed by atoms with Gasteiger partial charge in [0.05, 0.1) is 11.6 Å². The Labute approximate surface area is 190 Å². The average molecular weight is 467 g/mol. The molecule has 0 amide bonds. The molecule has 0 aliphatic carbocycles. The Morgan fingerprint density at radius 3 is 2.33 bits per heavy atom. The summed E-state index contributed by atoms with van der Waals surface area (Å²) in [5.74, 6) is -0.377. The van der Waals surface area contributed by atoms with Crippen molar-refractivity contribution in [1.82, 2.24) is 15.0 Å². The molecule has 1 heterocycles. The zero-order valence-electron chi connectivity index (χ0n) is 16.6. The molecule has 0 unspecified atom stereocenters. The van der Waals surface area contributed by atoms with Gasteiger partial charge in [-0.2, -0.15) is 15.0 Å². The lowest BCUT2D eigenvalue weighted by Gasteiger charge is -2.04. The van der Waals surface area contributed by atoms with Crippen molar-refractivity contribution in [3.05, 3.63) is 57.5 Å². The van der Waals surface area contributed by atoms with Crippen LogP contribution in [0.5, 0.6) is 0 Å². The second-order valence-electron chi connectivity index (χ2n) is 6.84. The monoisotopic (exact) mass is 465 g/mol. The molecule has 2 aromatic carbocycles. The van der Waals surface area contributed by atoms with E-state index in [-0.39, 0.29) is 12.5 Å². The molecular weight excluding hydrogens is 445 g/mol. The highest BCUT2D eigenvalue weighted by Crippen LogP contribution is 2.35. The molecular formula is C22H22Cl3N3O2. The van der Waals surface area contributed by atoms with E-state index >= 15 is 0 Å². The topological polar surface area (TPSA) is 57.0 Å². The Morgan fingerprint density at radius 1 is 0.933 bits per heavy atom. The molecule has 3 rings (SSSR count). The van der Waals surface area contributed by atoms with Crippen molar-refractivity contribution in [3.8, 4) is 22.5 Å². The van der Waals surface area contributed by atoms with E-state index in [1.807, 2.05) is 12.1 Å². The van der Waals surface area contributed by atoms with Crippen molar-refractivity contribution >= 4 is 40.8 Å². The van der Waals surface area contributed by atoms with Gasteiger partial charge in [0.1, 0.15) is 11.4 Å². The quantitative estimate of drug-likeness (QED) is 0.260. The summed E-state index contributed by atoms with van der Waals surface area (Å²) < 4.78 is 5.31. The number of carbonyl (C=O) groups excluding carboxylic acids is 1.